The van der Waals surface area contributed by atoms with Gasteiger partial charge in [0.2, 0.25) is 5.55 Å². The van der Waals surface area contributed by atoms with Crippen molar-refractivity contribution < 1.29 is 9.21 Å². The Morgan fingerprint density at radius 2 is 1.80 bits per heavy atom. The van der Waals surface area contributed by atoms with Crippen LogP contribution in [-0.4, -0.2) is 12.2 Å². The maximum absolute atomic E-state index is 13.2. The number of thioether (sulfide) groups is 1. The summed E-state index contributed by atoms with van der Waals surface area (Å²) in [7, 11) is 0. The lowest BCUT2D eigenvalue weighted by atomic mass is 10.1. The summed E-state index contributed by atoms with van der Waals surface area (Å²) in [6.45, 7) is 4.01. The predicted molar refractivity (Wildman–Crippen MR) is 124 cm³/mol. The third-order valence-electron chi connectivity index (χ3n) is 4.81. The molecule has 0 saturated carbocycles. The van der Waals surface area contributed by atoms with Gasteiger partial charge in [-0.05, 0) is 62.1 Å². The average Bonchev–Trinajstić information content (AvgIpc) is 2.75. The van der Waals surface area contributed by atoms with Gasteiger partial charge in [-0.1, -0.05) is 42.0 Å². The molecule has 0 bridgehead atoms. The molecule has 0 aliphatic heterocycles. The summed E-state index contributed by atoms with van der Waals surface area (Å²) in [5, 5.41) is 3.85. The van der Waals surface area contributed by atoms with Crippen LogP contribution >= 0.6 is 11.8 Å². The standard InChI is InChI=1S/C25H22N2O2S/c1-16-11-12-22(17(2)13-16)27-24(28)21-14-18-7-4-5-10-23(18)29-25(21)26-19-8-6-9-20(15-19)30-3/h4-15H,1-3H3,(H,27,28). The van der Waals surface area contributed by atoms with Crippen LogP contribution < -0.4 is 10.9 Å². The molecular formula is C25H22N2O2S. The van der Waals surface area contributed by atoms with Crippen LogP contribution in [-0.2, 0) is 0 Å². The van der Waals surface area contributed by atoms with Crippen molar-refractivity contribution in [2.45, 2.75) is 18.7 Å². The first-order valence-electron chi connectivity index (χ1n) is 9.64. The number of fused-ring (bicyclic) bond motifs is 1. The van der Waals surface area contributed by atoms with Crippen LogP contribution in [0.15, 0.2) is 87.1 Å². The Kier molecular flexibility index (Phi) is 5.72. The summed E-state index contributed by atoms with van der Waals surface area (Å²) in [6.07, 6.45) is 2.02. The fourth-order valence-corrected chi connectivity index (χ4v) is 3.71. The fraction of sp³-hybridized carbons (Fsp3) is 0.120. The van der Waals surface area contributed by atoms with Crippen molar-refractivity contribution >= 4 is 40.0 Å². The van der Waals surface area contributed by atoms with Gasteiger partial charge in [0.15, 0.2) is 0 Å². The number of para-hydroxylation sites is 1. The highest BCUT2D eigenvalue weighted by atomic mass is 32.2. The SMILES string of the molecule is CSc1cccc(N=c2oc3ccccc3cc2C(=O)Nc2ccc(C)cc2C)c1. The molecule has 0 aliphatic carbocycles. The van der Waals surface area contributed by atoms with Gasteiger partial charge in [-0.15, -0.1) is 11.8 Å². The van der Waals surface area contributed by atoms with Crippen molar-refractivity contribution in [1.29, 1.82) is 0 Å². The van der Waals surface area contributed by atoms with Crippen LogP contribution in [0.2, 0.25) is 0 Å². The van der Waals surface area contributed by atoms with Crippen LogP contribution in [0.1, 0.15) is 21.5 Å². The number of amides is 1. The summed E-state index contributed by atoms with van der Waals surface area (Å²) in [4.78, 5) is 18.9. The van der Waals surface area contributed by atoms with Crippen molar-refractivity contribution in [2.75, 3.05) is 11.6 Å². The quantitative estimate of drug-likeness (QED) is 0.401. The van der Waals surface area contributed by atoms with Crippen LogP contribution in [0, 0.1) is 13.8 Å². The minimum atomic E-state index is -0.253. The number of rotatable bonds is 4. The number of hydrogen-bond acceptors (Lipinski definition) is 4. The molecule has 4 nitrogen and oxygen atoms in total. The first kappa shape index (κ1) is 20.0. The second-order valence-corrected chi connectivity index (χ2v) is 7.97. The lowest BCUT2D eigenvalue weighted by Gasteiger charge is -2.10. The molecule has 1 aromatic heterocycles. The number of aryl methyl sites for hydroxylation is 2. The van der Waals surface area contributed by atoms with Gasteiger partial charge in [0.05, 0.1) is 5.69 Å². The summed E-state index contributed by atoms with van der Waals surface area (Å²) < 4.78 is 6.04. The fourth-order valence-electron chi connectivity index (χ4n) is 3.26. The topological polar surface area (TPSA) is 54.6 Å². The third kappa shape index (κ3) is 4.31. The van der Waals surface area contributed by atoms with E-state index in [9.17, 15) is 4.79 Å². The normalized spacial score (nSPS) is 11.6. The summed E-state index contributed by atoms with van der Waals surface area (Å²) in [5.74, 6) is -0.253. The van der Waals surface area contributed by atoms with Gasteiger partial charge >= 0.3 is 0 Å². The molecule has 4 aromatic rings. The number of nitrogens with zero attached hydrogens (tertiary/aromatic N) is 1. The average molecular weight is 415 g/mol. The second-order valence-electron chi connectivity index (χ2n) is 7.09. The van der Waals surface area contributed by atoms with Gasteiger partial charge in [0, 0.05) is 16.0 Å². The molecule has 1 amide bonds. The molecule has 150 valence electrons. The second kappa shape index (κ2) is 8.59. The minimum Gasteiger partial charge on any atom is -0.438 e. The van der Waals surface area contributed by atoms with Gasteiger partial charge in [-0.25, -0.2) is 4.99 Å². The van der Waals surface area contributed by atoms with Crippen molar-refractivity contribution in [3.05, 3.63) is 95.0 Å². The van der Waals surface area contributed by atoms with E-state index in [2.05, 4.69) is 10.3 Å². The molecule has 1 heterocycles. The van der Waals surface area contributed by atoms with Crippen LogP contribution in [0.25, 0.3) is 11.0 Å². The van der Waals surface area contributed by atoms with Crippen molar-refractivity contribution in [3.8, 4) is 0 Å². The Labute approximate surface area is 179 Å². The lowest BCUT2D eigenvalue weighted by molar-refractivity contribution is 0.102. The van der Waals surface area contributed by atoms with E-state index in [1.807, 2.05) is 92.9 Å². The summed E-state index contributed by atoms with van der Waals surface area (Å²) in [6, 6.07) is 23.2. The lowest BCUT2D eigenvalue weighted by Crippen LogP contribution is -2.22. The van der Waals surface area contributed by atoms with Gasteiger partial charge in [-0.3, -0.25) is 4.79 Å². The molecule has 0 radical (unpaired) electrons. The molecule has 0 fully saturated rings. The predicted octanol–water partition coefficient (Wildman–Crippen LogP) is 6.26. The number of carbonyl (C=O) groups excluding carboxylic acids is 1. The Hall–Kier alpha value is -3.31. The molecule has 0 aliphatic rings. The van der Waals surface area contributed by atoms with Crippen LogP contribution in [0.3, 0.4) is 0 Å². The van der Waals surface area contributed by atoms with Crippen LogP contribution in [0.5, 0.6) is 0 Å². The van der Waals surface area contributed by atoms with E-state index in [0.717, 1.165) is 32.8 Å². The molecule has 30 heavy (non-hydrogen) atoms. The minimum absolute atomic E-state index is 0.253. The molecule has 1 N–H and O–H groups in total. The van der Waals surface area contributed by atoms with Gasteiger partial charge in [-0.2, -0.15) is 0 Å². The van der Waals surface area contributed by atoms with E-state index in [1.165, 1.54) is 0 Å². The molecule has 4 rings (SSSR count). The number of carbonyl (C=O) groups is 1. The zero-order valence-electron chi connectivity index (χ0n) is 17.1. The number of anilines is 1. The Morgan fingerprint density at radius 3 is 2.60 bits per heavy atom. The largest absolute Gasteiger partial charge is 0.438 e. The van der Waals surface area contributed by atoms with Gasteiger partial charge in [0.25, 0.3) is 5.91 Å². The molecule has 0 spiro atoms. The molecule has 0 unspecified atom stereocenters. The maximum Gasteiger partial charge on any atom is 0.261 e. The van der Waals surface area contributed by atoms with E-state index < -0.39 is 0 Å². The van der Waals surface area contributed by atoms with Crippen molar-refractivity contribution in [1.82, 2.24) is 0 Å². The Morgan fingerprint density at radius 1 is 0.967 bits per heavy atom. The molecule has 0 atom stereocenters. The summed E-state index contributed by atoms with van der Waals surface area (Å²) >= 11 is 1.64. The number of nitrogens with one attached hydrogen (secondary N) is 1. The molecule has 0 saturated heterocycles. The van der Waals surface area contributed by atoms with E-state index in [0.29, 0.717) is 11.1 Å². The summed E-state index contributed by atoms with van der Waals surface area (Å²) in [5.41, 5.74) is 5.02. The van der Waals surface area contributed by atoms with E-state index in [1.54, 1.807) is 11.8 Å². The van der Waals surface area contributed by atoms with Gasteiger partial charge in [0.1, 0.15) is 11.1 Å². The highest BCUT2D eigenvalue weighted by Gasteiger charge is 2.14. The Bertz CT molecular complexity index is 1310. The maximum atomic E-state index is 13.2. The van der Waals surface area contributed by atoms with Gasteiger partial charge < -0.3 is 9.73 Å². The monoisotopic (exact) mass is 414 g/mol. The van der Waals surface area contributed by atoms with E-state index >= 15 is 0 Å². The first-order chi connectivity index (χ1) is 14.5. The number of hydrogen-bond donors (Lipinski definition) is 1. The molecule has 5 heteroatoms. The van der Waals surface area contributed by atoms with Crippen LogP contribution in [0.4, 0.5) is 11.4 Å². The Balaban J connectivity index is 1.83. The van der Waals surface area contributed by atoms with E-state index in [4.69, 9.17) is 4.42 Å². The zero-order chi connectivity index (χ0) is 21.1. The first-order valence-corrected chi connectivity index (χ1v) is 10.9. The third-order valence-corrected chi connectivity index (χ3v) is 5.54. The van der Waals surface area contributed by atoms with Crippen molar-refractivity contribution in [2.24, 2.45) is 4.99 Å². The molecule has 3 aromatic carbocycles. The van der Waals surface area contributed by atoms with E-state index in [-0.39, 0.29) is 11.5 Å². The number of benzene rings is 3. The smallest absolute Gasteiger partial charge is 0.261 e. The highest BCUT2D eigenvalue weighted by Crippen LogP contribution is 2.22. The zero-order valence-corrected chi connectivity index (χ0v) is 17.9. The molecular weight excluding hydrogens is 392 g/mol. The highest BCUT2D eigenvalue weighted by molar-refractivity contribution is 7.98. The van der Waals surface area contributed by atoms with Crippen molar-refractivity contribution in [3.63, 3.8) is 0 Å².